The highest BCUT2D eigenvalue weighted by atomic mass is 32.2. The Morgan fingerprint density at radius 2 is 1.86 bits per heavy atom. The molecule has 0 heterocycles. The average Bonchev–Trinajstić information content (AvgIpc) is 2.29. The molecule has 0 saturated carbocycles. The number of aliphatic carboxylic acids is 1. The average molecular weight is 323 g/mol. The Balaban J connectivity index is 3.98. The van der Waals surface area contributed by atoms with Gasteiger partial charge in [0.25, 0.3) is 0 Å². The fourth-order valence-corrected chi connectivity index (χ4v) is 2.47. The van der Waals surface area contributed by atoms with E-state index in [1.165, 1.54) is 0 Å². The first-order valence-electron chi connectivity index (χ1n) is 6.84. The molecule has 0 aromatic carbocycles. The van der Waals surface area contributed by atoms with Crippen LogP contribution in [-0.2, 0) is 14.8 Å². The van der Waals surface area contributed by atoms with E-state index in [1.54, 1.807) is 0 Å². The summed E-state index contributed by atoms with van der Waals surface area (Å²) in [5.41, 5.74) is 0. The lowest BCUT2D eigenvalue weighted by atomic mass is 9.94. The summed E-state index contributed by atoms with van der Waals surface area (Å²) in [4.78, 5) is 22.2. The normalized spacial score (nSPS) is 13.0. The molecule has 0 aromatic rings. The molecule has 0 spiro atoms. The van der Waals surface area contributed by atoms with E-state index in [0.717, 1.165) is 0 Å². The molecule has 1 atom stereocenters. The first kappa shape index (κ1) is 19.7. The second-order valence-corrected chi connectivity index (χ2v) is 7.18. The molecule has 0 fully saturated rings. The van der Waals surface area contributed by atoms with Gasteiger partial charge < -0.3 is 15.7 Å². The maximum absolute atomic E-state index is 11.5. The number of carboxylic acid groups (broad SMARTS) is 1. The minimum Gasteiger partial charge on any atom is -0.481 e. The van der Waals surface area contributed by atoms with E-state index >= 15 is 0 Å². The number of urea groups is 1. The number of rotatable bonds is 10. The van der Waals surface area contributed by atoms with Crippen LogP contribution in [0.25, 0.3) is 0 Å². The van der Waals surface area contributed by atoms with Gasteiger partial charge in [0.1, 0.15) is 0 Å². The molecule has 9 heteroatoms. The summed E-state index contributed by atoms with van der Waals surface area (Å²) < 4.78 is 21.4. The van der Waals surface area contributed by atoms with Crippen molar-refractivity contribution in [3.8, 4) is 0 Å². The van der Waals surface area contributed by atoms with Crippen molar-refractivity contribution in [3.05, 3.63) is 0 Å². The first-order valence-corrected chi connectivity index (χ1v) is 8.55. The molecule has 21 heavy (non-hydrogen) atoms. The Morgan fingerprint density at radius 1 is 1.24 bits per heavy atom. The van der Waals surface area contributed by atoms with Crippen LogP contribution < -0.4 is 15.8 Å². The van der Waals surface area contributed by atoms with E-state index in [1.807, 2.05) is 13.8 Å². The van der Waals surface area contributed by atoms with Crippen molar-refractivity contribution >= 4 is 22.0 Å². The van der Waals surface area contributed by atoms with Crippen LogP contribution in [0.15, 0.2) is 0 Å². The van der Waals surface area contributed by atoms with Gasteiger partial charge in [0.05, 0.1) is 5.75 Å². The largest absolute Gasteiger partial charge is 0.481 e. The van der Waals surface area contributed by atoms with Crippen LogP contribution in [0.2, 0.25) is 0 Å². The van der Waals surface area contributed by atoms with E-state index in [2.05, 4.69) is 10.6 Å². The third-order valence-corrected chi connectivity index (χ3v) is 3.57. The lowest BCUT2D eigenvalue weighted by Gasteiger charge is -2.18. The number of primary sulfonamides is 1. The van der Waals surface area contributed by atoms with Gasteiger partial charge >= 0.3 is 12.0 Å². The van der Waals surface area contributed by atoms with Gasteiger partial charge in [0, 0.05) is 19.5 Å². The molecule has 0 radical (unpaired) electrons. The van der Waals surface area contributed by atoms with Crippen LogP contribution in [0.4, 0.5) is 4.79 Å². The second kappa shape index (κ2) is 9.56. The third kappa shape index (κ3) is 13.4. The van der Waals surface area contributed by atoms with Crippen LogP contribution in [0, 0.1) is 11.8 Å². The highest BCUT2D eigenvalue weighted by Crippen LogP contribution is 2.14. The number of carboxylic acids is 1. The number of nitrogens with two attached hydrogens (primary N) is 1. The molecule has 8 nitrogen and oxygen atoms in total. The Bertz CT molecular complexity index is 436. The quantitative estimate of drug-likeness (QED) is 0.422. The topological polar surface area (TPSA) is 139 Å². The lowest BCUT2D eigenvalue weighted by molar-refractivity contribution is -0.138. The van der Waals surface area contributed by atoms with E-state index in [9.17, 15) is 18.0 Å². The van der Waals surface area contributed by atoms with Crippen LogP contribution >= 0.6 is 0 Å². The molecular weight excluding hydrogens is 298 g/mol. The zero-order valence-electron chi connectivity index (χ0n) is 12.5. The summed E-state index contributed by atoms with van der Waals surface area (Å²) in [5.74, 6) is -0.870. The molecule has 0 unspecified atom stereocenters. The Morgan fingerprint density at radius 3 is 2.33 bits per heavy atom. The maximum atomic E-state index is 11.5. The van der Waals surface area contributed by atoms with E-state index in [-0.39, 0.29) is 37.6 Å². The van der Waals surface area contributed by atoms with Crippen molar-refractivity contribution in [2.24, 2.45) is 17.0 Å². The molecular formula is C12H25N3O5S. The number of hydrogen-bond acceptors (Lipinski definition) is 4. The van der Waals surface area contributed by atoms with Crippen molar-refractivity contribution in [2.45, 2.75) is 33.1 Å². The Labute approximate surface area is 125 Å². The number of carbonyl (C=O) groups is 2. The molecule has 0 aliphatic rings. The summed E-state index contributed by atoms with van der Waals surface area (Å²) >= 11 is 0. The second-order valence-electron chi connectivity index (χ2n) is 5.45. The highest BCUT2D eigenvalue weighted by molar-refractivity contribution is 7.89. The van der Waals surface area contributed by atoms with Gasteiger partial charge in [-0.05, 0) is 24.7 Å². The standard InChI is InChI=1S/C12H25N3O5S/c1-9(2)6-10(7-11(16)17)8-15-12(18)14-4-3-5-21(13,19)20/h9-10H,3-8H2,1-2H3,(H,16,17)(H2,13,19,20)(H2,14,15,18)/t10-/m0/s1. The van der Waals surface area contributed by atoms with Gasteiger partial charge in [-0.15, -0.1) is 0 Å². The number of amides is 2. The van der Waals surface area contributed by atoms with E-state index in [4.69, 9.17) is 10.2 Å². The molecule has 0 bridgehead atoms. The molecule has 124 valence electrons. The lowest BCUT2D eigenvalue weighted by Crippen LogP contribution is -2.39. The minimum absolute atomic E-state index is 0.00385. The van der Waals surface area contributed by atoms with Crippen molar-refractivity contribution in [2.75, 3.05) is 18.8 Å². The van der Waals surface area contributed by atoms with Gasteiger partial charge in [-0.2, -0.15) is 0 Å². The maximum Gasteiger partial charge on any atom is 0.314 e. The Kier molecular flexibility index (Phi) is 8.95. The van der Waals surface area contributed by atoms with E-state index in [0.29, 0.717) is 12.3 Å². The van der Waals surface area contributed by atoms with Crippen LogP contribution in [0.3, 0.4) is 0 Å². The van der Waals surface area contributed by atoms with E-state index < -0.39 is 22.0 Å². The number of sulfonamides is 1. The SMILES string of the molecule is CC(C)C[C@H](CNC(=O)NCCCS(N)(=O)=O)CC(=O)O. The summed E-state index contributed by atoms with van der Waals surface area (Å²) in [6, 6.07) is -0.441. The molecule has 2 amide bonds. The summed E-state index contributed by atoms with van der Waals surface area (Å²) in [6.07, 6.45) is 0.943. The molecule has 0 aromatic heterocycles. The molecule has 5 N–H and O–H groups in total. The van der Waals surface area contributed by atoms with Crippen molar-refractivity contribution in [1.29, 1.82) is 0 Å². The Hall–Kier alpha value is -1.35. The molecule has 0 aliphatic heterocycles. The number of nitrogens with one attached hydrogen (secondary N) is 2. The number of carbonyl (C=O) groups excluding carboxylic acids is 1. The fourth-order valence-electron chi connectivity index (χ4n) is 1.93. The predicted molar refractivity (Wildman–Crippen MR) is 79.2 cm³/mol. The molecule has 0 aliphatic carbocycles. The molecule has 0 rings (SSSR count). The van der Waals surface area contributed by atoms with Gasteiger partial charge in [-0.25, -0.2) is 18.4 Å². The summed E-state index contributed by atoms with van der Waals surface area (Å²) in [5, 5.41) is 18.7. The van der Waals surface area contributed by atoms with Crippen molar-refractivity contribution in [1.82, 2.24) is 10.6 Å². The summed E-state index contributed by atoms with van der Waals surface area (Å²) in [7, 11) is -3.51. The van der Waals surface area contributed by atoms with Crippen LogP contribution in [-0.4, -0.2) is 44.4 Å². The highest BCUT2D eigenvalue weighted by Gasteiger charge is 2.16. The number of hydrogen-bond donors (Lipinski definition) is 4. The fraction of sp³-hybridized carbons (Fsp3) is 0.833. The zero-order valence-corrected chi connectivity index (χ0v) is 13.3. The zero-order chi connectivity index (χ0) is 16.5. The van der Waals surface area contributed by atoms with Crippen LogP contribution in [0.5, 0.6) is 0 Å². The third-order valence-electron chi connectivity index (χ3n) is 2.71. The first-order chi connectivity index (χ1) is 9.60. The molecule has 0 saturated heterocycles. The van der Waals surface area contributed by atoms with Gasteiger partial charge in [-0.1, -0.05) is 13.8 Å². The van der Waals surface area contributed by atoms with Crippen molar-refractivity contribution in [3.63, 3.8) is 0 Å². The monoisotopic (exact) mass is 323 g/mol. The summed E-state index contributed by atoms with van der Waals surface area (Å²) in [6.45, 7) is 4.44. The van der Waals surface area contributed by atoms with Crippen molar-refractivity contribution < 1.29 is 23.1 Å². The minimum atomic E-state index is -3.51. The van der Waals surface area contributed by atoms with Crippen LogP contribution in [0.1, 0.15) is 33.1 Å². The van der Waals surface area contributed by atoms with Gasteiger partial charge in [-0.3, -0.25) is 4.79 Å². The van der Waals surface area contributed by atoms with Gasteiger partial charge in [0.2, 0.25) is 10.0 Å². The smallest absolute Gasteiger partial charge is 0.314 e. The van der Waals surface area contributed by atoms with Gasteiger partial charge in [0.15, 0.2) is 0 Å². The predicted octanol–water partition coefficient (Wildman–Crippen LogP) is 0.101.